The lowest BCUT2D eigenvalue weighted by atomic mass is 9.85. The number of aliphatic hydroxyl groups excluding tert-OH is 1. The van der Waals surface area contributed by atoms with E-state index in [2.05, 4.69) is 32.5 Å². The zero-order valence-corrected chi connectivity index (χ0v) is 13.7. The van der Waals surface area contributed by atoms with E-state index in [1.54, 1.807) is 0 Å². The van der Waals surface area contributed by atoms with Crippen LogP contribution in [0.25, 0.3) is 0 Å². The van der Waals surface area contributed by atoms with Gasteiger partial charge in [0.25, 0.3) is 0 Å². The van der Waals surface area contributed by atoms with Crippen molar-refractivity contribution in [1.29, 1.82) is 0 Å². The molecule has 1 aliphatic rings. The molecule has 1 atom stereocenters. The minimum absolute atomic E-state index is 0.187. The van der Waals surface area contributed by atoms with E-state index in [1.165, 1.54) is 6.07 Å². The number of aliphatic hydroxyl groups is 1. The first-order chi connectivity index (χ1) is 10.8. The SMILES string of the molecule is CC(C)(C#CN)C1=NC(Nc2cc(Cl)nnc2C(N)O)=CCC1. The Labute approximate surface area is 139 Å². The van der Waals surface area contributed by atoms with Crippen molar-refractivity contribution >= 4 is 23.0 Å². The lowest BCUT2D eigenvalue weighted by Crippen LogP contribution is -2.25. The summed E-state index contributed by atoms with van der Waals surface area (Å²) in [6.07, 6.45) is 2.28. The molecule has 1 aliphatic heterocycles. The average Bonchev–Trinajstić information content (AvgIpc) is 2.47. The number of nitrogens with one attached hydrogen (secondary N) is 1. The fourth-order valence-electron chi connectivity index (χ4n) is 2.21. The van der Waals surface area contributed by atoms with Crippen LogP contribution in [-0.4, -0.2) is 21.0 Å². The summed E-state index contributed by atoms with van der Waals surface area (Å²) >= 11 is 5.86. The number of nitrogens with zero attached hydrogens (tertiary/aromatic N) is 3. The van der Waals surface area contributed by atoms with Gasteiger partial charge in [0.15, 0.2) is 5.15 Å². The molecule has 0 amide bonds. The molecular weight excluding hydrogens is 316 g/mol. The van der Waals surface area contributed by atoms with Crippen LogP contribution in [0.15, 0.2) is 23.0 Å². The molecule has 7 nitrogen and oxygen atoms in total. The molecule has 0 saturated carbocycles. The average molecular weight is 335 g/mol. The van der Waals surface area contributed by atoms with Crippen molar-refractivity contribution in [3.63, 3.8) is 0 Å². The third-order valence-electron chi connectivity index (χ3n) is 3.42. The molecule has 0 aliphatic carbocycles. The van der Waals surface area contributed by atoms with Crippen LogP contribution in [0.2, 0.25) is 5.15 Å². The fourth-order valence-corrected chi connectivity index (χ4v) is 2.36. The van der Waals surface area contributed by atoms with Crippen LogP contribution in [0.1, 0.15) is 38.6 Å². The van der Waals surface area contributed by atoms with Gasteiger partial charge in [-0.1, -0.05) is 17.5 Å². The topological polar surface area (TPSA) is 122 Å². The van der Waals surface area contributed by atoms with Gasteiger partial charge in [-0.05, 0) is 32.8 Å². The molecule has 0 saturated heterocycles. The highest BCUT2D eigenvalue weighted by molar-refractivity contribution is 6.29. The molecule has 23 heavy (non-hydrogen) atoms. The molecular formula is C15H19ClN6O. The fraction of sp³-hybridized carbons (Fsp3) is 0.400. The lowest BCUT2D eigenvalue weighted by molar-refractivity contribution is 0.181. The van der Waals surface area contributed by atoms with Gasteiger partial charge in [0.2, 0.25) is 0 Å². The van der Waals surface area contributed by atoms with E-state index in [9.17, 15) is 5.11 Å². The van der Waals surface area contributed by atoms with Gasteiger partial charge in [-0.3, -0.25) is 0 Å². The predicted octanol–water partition coefficient (Wildman–Crippen LogP) is 1.51. The summed E-state index contributed by atoms with van der Waals surface area (Å²) in [5.41, 5.74) is 12.0. The molecule has 1 aromatic rings. The monoisotopic (exact) mass is 334 g/mol. The molecule has 2 heterocycles. The Morgan fingerprint density at radius 2 is 2.17 bits per heavy atom. The Hall–Kier alpha value is -2.14. The summed E-state index contributed by atoms with van der Waals surface area (Å²) in [5, 5.41) is 20.3. The van der Waals surface area contributed by atoms with Crippen molar-refractivity contribution in [2.45, 2.75) is 32.9 Å². The highest BCUT2D eigenvalue weighted by Gasteiger charge is 2.25. The number of hydrogen-bond acceptors (Lipinski definition) is 7. The number of aliphatic imine (C=N–C) groups is 1. The van der Waals surface area contributed by atoms with Crippen LogP contribution in [-0.2, 0) is 0 Å². The second-order valence-corrected chi connectivity index (χ2v) is 6.00. The van der Waals surface area contributed by atoms with E-state index >= 15 is 0 Å². The van der Waals surface area contributed by atoms with Crippen LogP contribution < -0.4 is 16.8 Å². The van der Waals surface area contributed by atoms with Crippen molar-refractivity contribution in [3.05, 3.63) is 28.8 Å². The number of aromatic nitrogens is 2. The molecule has 122 valence electrons. The number of halogens is 1. The summed E-state index contributed by atoms with van der Waals surface area (Å²) in [6, 6.07) is 3.98. The molecule has 0 fully saturated rings. The van der Waals surface area contributed by atoms with E-state index in [1.807, 2.05) is 19.9 Å². The zero-order valence-electron chi connectivity index (χ0n) is 13.0. The Bertz CT molecular complexity index is 714. The lowest BCUT2D eigenvalue weighted by Gasteiger charge is -2.24. The summed E-state index contributed by atoms with van der Waals surface area (Å²) in [6.45, 7) is 3.93. The van der Waals surface area contributed by atoms with E-state index in [4.69, 9.17) is 23.1 Å². The first-order valence-electron chi connectivity index (χ1n) is 7.08. The van der Waals surface area contributed by atoms with Crippen molar-refractivity contribution in [2.75, 3.05) is 5.32 Å². The smallest absolute Gasteiger partial charge is 0.153 e. The number of hydrogen-bond donors (Lipinski definition) is 4. The molecule has 0 bridgehead atoms. The summed E-state index contributed by atoms with van der Waals surface area (Å²) < 4.78 is 0. The second-order valence-electron chi connectivity index (χ2n) is 5.62. The van der Waals surface area contributed by atoms with Crippen molar-refractivity contribution < 1.29 is 5.11 Å². The third kappa shape index (κ3) is 4.20. The Morgan fingerprint density at radius 1 is 1.43 bits per heavy atom. The van der Waals surface area contributed by atoms with Crippen molar-refractivity contribution in [1.82, 2.24) is 10.2 Å². The maximum Gasteiger partial charge on any atom is 0.153 e. The molecule has 2 rings (SSSR count). The number of allylic oxidation sites excluding steroid dienone is 1. The third-order valence-corrected chi connectivity index (χ3v) is 3.60. The summed E-state index contributed by atoms with van der Waals surface area (Å²) in [5.74, 6) is 3.57. The minimum Gasteiger partial charge on any atom is -0.373 e. The quantitative estimate of drug-likeness (QED) is 0.376. The van der Waals surface area contributed by atoms with E-state index in [0.29, 0.717) is 11.5 Å². The van der Waals surface area contributed by atoms with Crippen LogP contribution in [0.4, 0.5) is 5.69 Å². The van der Waals surface area contributed by atoms with Gasteiger partial charge < -0.3 is 21.9 Å². The van der Waals surface area contributed by atoms with Crippen LogP contribution in [0.5, 0.6) is 0 Å². The second kappa shape index (κ2) is 6.96. The van der Waals surface area contributed by atoms with E-state index in [0.717, 1.165) is 18.6 Å². The predicted molar refractivity (Wildman–Crippen MR) is 90.3 cm³/mol. The highest BCUT2D eigenvalue weighted by atomic mass is 35.5. The number of anilines is 1. The zero-order chi connectivity index (χ0) is 17.0. The van der Waals surface area contributed by atoms with Crippen LogP contribution in [0.3, 0.4) is 0 Å². The number of nitrogens with two attached hydrogens (primary N) is 2. The largest absolute Gasteiger partial charge is 0.373 e. The van der Waals surface area contributed by atoms with Crippen molar-refractivity contribution in [2.24, 2.45) is 21.9 Å². The van der Waals surface area contributed by atoms with Gasteiger partial charge in [0, 0.05) is 17.8 Å². The molecule has 1 aromatic heterocycles. The van der Waals surface area contributed by atoms with Crippen LogP contribution in [0, 0.1) is 17.4 Å². The first kappa shape index (κ1) is 17.2. The molecule has 8 heteroatoms. The van der Waals surface area contributed by atoms with E-state index in [-0.39, 0.29) is 10.8 Å². The maximum absolute atomic E-state index is 9.58. The standard InChI is InChI=1S/C15H19ClN6O/c1-15(2,6-7-17)10-4-3-5-12(20-10)19-9-8-11(16)21-22-13(9)14(18)23/h5,8,14,23H,3-4,17-18H2,1-2H3,(H,19,21). The van der Waals surface area contributed by atoms with E-state index < -0.39 is 11.6 Å². The molecule has 0 spiro atoms. The Morgan fingerprint density at radius 3 is 2.83 bits per heavy atom. The van der Waals surface area contributed by atoms with Gasteiger partial charge in [-0.2, -0.15) is 0 Å². The van der Waals surface area contributed by atoms with Gasteiger partial charge in [0.1, 0.15) is 17.7 Å². The molecule has 0 aromatic carbocycles. The van der Waals surface area contributed by atoms with Crippen LogP contribution >= 0.6 is 11.6 Å². The summed E-state index contributed by atoms with van der Waals surface area (Å²) in [7, 11) is 0. The first-order valence-corrected chi connectivity index (χ1v) is 7.46. The minimum atomic E-state index is -1.27. The highest BCUT2D eigenvalue weighted by Crippen LogP contribution is 2.27. The van der Waals surface area contributed by atoms with Crippen molar-refractivity contribution in [3.8, 4) is 12.0 Å². The van der Waals surface area contributed by atoms with Gasteiger partial charge in [-0.25, -0.2) is 4.99 Å². The number of rotatable bonds is 4. The molecule has 0 radical (unpaired) electrons. The summed E-state index contributed by atoms with van der Waals surface area (Å²) in [4.78, 5) is 4.59. The van der Waals surface area contributed by atoms with Gasteiger partial charge in [-0.15, -0.1) is 10.2 Å². The van der Waals surface area contributed by atoms with Gasteiger partial charge >= 0.3 is 0 Å². The molecule has 1 unspecified atom stereocenters. The Balaban J connectivity index is 2.30. The Kier molecular flexibility index (Phi) is 5.21. The normalized spacial score (nSPS) is 15.9. The maximum atomic E-state index is 9.58. The molecule has 6 N–H and O–H groups in total. The van der Waals surface area contributed by atoms with Gasteiger partial charge in [0.05, 0.1) is 11.1 Å².